The van der Waals surface area contributed by atoms with Gasteiger partial charge in [0, 0.05) is 25.4 Å². The second kappa shape index (κ2) is 15.5. The number of carbonyl (C=O) groups excluding carboxylic acids is 1. The van der Waals surface area contributed by atoms with E-state index in [0.717, 1.165) is 49.2 Å². The van der Waals surface area contributed by atoms with Gasteiger partial charge in [0.25, 0.3) is 0 Å². The van der Waals surface area contributed by atoms with Crippen LogP contribution >= 0.6 is 0 Å². The summed E-state index contributed by atoms with van der Waals surface area (Å²) < 4.78 is 23.5. The summed E-state index contributed by atoms with van der Waals surface area (Å²) in [6, 6.07) is 11.2. The van der Waals surface area contributed by atoms with E-state index in [0.29, 0.717) is 36.9 Å². The average Bonchev–Trinajstić information content (AvgIpc) is 3.31. The quantitative estimate of drug-likeness (QED) is 0.137. The minimum Gasteiger partial charge on any atom is -0.492 e. The molecule has 13 heteroatoms. The normalized spacial score (nSPS) is 11.2. The van der Waals surface area contributed by atoms with Gasteiger partial charge >= 0.3 is 17.7 Å². The van der Waals surface area contributed by atoms with Crippen molar-refractivity contribution in [3.05, 3.63) is 64.2 Å². The van der Waals surface area contributed by atoms with Gasteiger partial charge in [0.05, 0.1) is 33.3 Å². The summed E-state index contributed by atoms with van der Waals surface area (Å²) in [7, 11) is 3.40. The van der Waals surface area contributed by atoms with Crippen LogP contribution in [0.2, 0.25) is 0 Å². The Balaban J connectivity index is 1.20. The third kappa shape index (κ3) is 9.17. The lowest BCUT2D eigenvalue weighted by atomic mass is 10.1. The number of benzene rings is 1. The fourth-order valence-electron chi connectivity index (χ4n) is 4.25. The van der Waals surface area contributed by atoms with Gasteiger partial charge < -0.3 is 34.6 Å². The standard InChI is InChI=1S/C30H39N7O6/c1-4-5-14-43-29-34-27(31)26-28(35-29)37(30(39)33-26)20-22-10-11-24(32-19-22)42-15-7-12-36(2)13-16-41-23-9-6-8-21(17-23)18-25(38)40-3/h6,8-11,17,19H,4-5,7,12-16,18,20H2,1-3H3,(H,33,39)(H2,31,34,35). The van der Waals surface area contributed by atoms with Crippen LogP contribution in [0.4, 0.5) is 5.82 Å². The Morgan fingerprint density at radius 2 is 1.86 bits per heavy atom. The van der Waals surface area contributed by atoms with Gasteiger partial charge in [-0.2, -0.15) is 9.97 Å². The first kappa shape index (κ1) is 31.3. The molecule has 43 heavy (non-hydrogen) atoms. The number of hydrogen-bond donors (Lipinski definition) is 2. The molecule has 0 amide bonds. The summed E-state index contributed by atoms with van der Waals surface area (Å²) in [4.78, 5) is 41.9. The molecule has 3 aromatic heterocycles. The summed E-state index contributed by atoms with van der Waals surface area (Å²) in [5, 5.41) is 0. The summed E-state index contributed by atoms with van der Waals surface area (Å²) >= 11 is 0. The van der Waals surface area contributed by atoms with Gasteiger partial charge in [-0.25, -0.2) is 9.78 Å². The molecular formula is C30H39N7O6. The van der Waals surface area contributed by atoms with Crippen molar-refractivity contribution in [2.75, 3.05) is 52.8 Å². The molecule has 0 atom stereocenters. The Labute approximate surface area is 250 Å². The molecule has 3 N–H and O–H groups in total. The van der Waals surface area contributed by atoms with Gasteiger partial charge in [-0.3, -0.25) is 9.36 Å². The number of nitrogens with two attached hydrogens (primary N) is 1. The highest BCUT2D eigenvalue weighted by molar-refractivity contribution is 5.82. The number of aromatic amines is 1. The molecule has 4 rings (SSSR count). The smallest absolute Gasteiger partial charge is 0.328 e. The largest absolute Gasteiger partial charge is 0.492 e. The van der Waals surface area contributed by atoms with Crippen molar-refractivity contribution in [3.63, 3.8) is 0 Å². The molecule has 0 saturated carbocycles. The van der Waals surface area contributed by atoms with E-state index in [-0.39, 0.29) is 36.5 Å². The number of methoxy groups -OCH3 is 1. The lowest BCUT2D eigenvalue weighted by Gasteiger charge is -2.17. The highest BCUT2D eigenvalue weighted by Gasteiger charge is 2.15. The predicted molar refractivity (Wildman–Crippen MR) is 162 cm³/mol. The predicted octanol–water partition coefficient (Wildman–Crippen LogP) is 2.82. The van der Waals surface area contributed by atoms with E-state index >= 15 is 0 Å². The third-order valence-electron chi connectivity index (χ3n) is 6.65. The Hall–Kier alpha value is -4.65. The number of imidazole rings is 1. The van der Waals surface area contributed by atoms with Crippen molar-refractivity contribution >= 4 is 23.0 Å². The van der Waals surface area contributed by atoms with Crippen LogP contribution in [0.3, 0.4) is 0 Å². The number of rotatable bonds is 17. The summed E-state index contributed by atoms with van der Waals surface area (Å²) in [5.74, 6) is 1.11. The number of pyridine rings is 1. The molecule has 3 heterocycles. The molecule has 0 saturated heterocycles. The average molecular weight is 594 g/mol. The fraction of sp³-hybridized carbons (Fsp3) is 0.433. The van der Waals surface area contributed by atoms with Crippen LogP contribution in [-0.2, 0) is 22.5 Å². The van der Waals surface area contributed by atoms with Crippen LogP contribution < -0.4 is 25.6 Å². The molecule has 0 fully saturated rings. The van der Waals surface area contributed by atoms with Crippen LogP contribution in [0.15, 0.2) is 47.4 Å². The molecule has 0 aliphatic heterocycles. The number of ether oxygens (including phenoxy) is 4. The van der Waals surface area contributed by atoms with E-state index in [1.807, 2.05) is 37.4 Å². The van der Waals surface area contributed by atoms with E-state index in [1.165, 1.54) is 11.7 Å². The molecule has 0 aliphatic rings. The molecule has 0 spiro atoms. The number of aromatic nitrogens is 5. The van der Waals surface area contributed by atoms with E-state index in [4.69, 9.17) is 24.7 Å². The zero-order valence-electron chi connectivity index (χ0n) is 24.9. The van der Waals surface area contributed by atoms with Crippen molar-refractivity contribution in [2.45, 2.75) is 39.2 Å². The number of carbonyl (C=O) groups is 1. The lowest BCUT2D eigenvalue weighted by molar-refractivity contribution is -0.139. The number of H-pyrrole nitrogens is 1. The molecular weight excluding hydrogens is 554 g/mol. The number of hydrogen-bond acceptors (Lipinski definition) is 11. The number of nitrogens with one attached hydrogen (secondary N) is 1. The fourth-order valence-corrected chi connectivity index (χ4v) is 4.25. The molecule has 0 aliphatic carbocycles. The zero-order chi connectivity index (χ0) is 30.6. The first-order valence-corrected chi connectivity index (χ1v) is 14.3. The van der Waals surface area contributed by atoms with E-state index < -0.39 is 0 Å². The Kier molecular flexibility index (Phi) is 11.3. The van der Waals surface area contributed by atoms with Gasteiger partial charge in [-0.05, 0) is 43.1 Å². The molecule has 230 valence electrons. The van der Waals surface area contributed by atoms with Crippen molar-refractivity contribution < 1.29 is 23.7 Å². The molecule has 13 nitrogen and oxygen atoms in total. The monoisotopic (exact) mass is 593 g/mol. The Morgan fingerprint density at radius 3 is 2.63 bits per heavy atom. The summed E-state index contributed by atoms with van der Waals surface area (Å²) in [6.07, 6.45) is 4.54. The minimum absolute atomic E-state index is 0.147. The number of esters is 1. The van der Waals surface area contributed by atoms with Crippen molar-refractivity contribution in [3.8, 4) is 17.6 Å². The number of nitrogen functional groups attached to an aromatic ring is 1. The number of nitrogens with zero attached hydrogens (tertiary/aromatic N) is 5. The summed E-state index contributed by atoms with van der Waals surface area (Å²) in [5.41, 5.74) is 8.11. The lowest BCUT2D eigenvalue weighted by Crippen LogP contribution is -2.26. The highest BCUT2D eigenvalue weighted by Crippen LogP contribution is 2.19. The number of fused-ring (bicyclic) bond motifs is 1. The van der Waals surface area contributed by atoms with Gasteiger partial charge in [-0.15, -0.1) is 0 Å². The number of unbranched alkanes of at least 4 members (excludes halogenated alkanes) is 1. The maximum Gasteiger partial charge on any atom is 0.328 e. The van der Waals surface area contributed by atoms with Crippen molar-refractivity contribution in [1.29, 1.82) is 0 Å². The molecule has 4 aromatic rings. The second-order valence-corrected chi connectivity index (χ2v) is 10.1. The Morgan fingerprint density at radius 1 is 1.02 bits per heavy atom. The van der Waals surface area contributed by atoms with Crippen LogP contribution in [0, 0.1) is 0 Å². The van der Waals surface area contributed by atoms with Gasteiger partial charge in [0.1, 0.15) is 17.9 Å². The van der Waals surface area contributed by atoms with Crippen LogP contribution in [0.1, 0.15) is 37.3 Å². The van der Waals surface area contributed by atoms with E-state index in [9.17, 15) is 9.59 Å². The maximum absolute atomic E-state index is 12.6. The second-order valence-electron chi connectivity index (χ2n) is 10.1. The van der Waals surface area contributed by atoms with Gasteiger partial charge in [0.2, 0.25) is 5.88 Å². The van der Waals surface area contributed by atoms with Gasteiger partial charge in [-0.1, -0.05) is 31.5 Å². The van der Waals surface area contributed by atoms with E-state index in [1.54, 1.807) is 12.3 Å². The van der Waals surface area contributed by atoms with Crippen molar-refractivity contribution in [1.82, 2.24) is 29.4 Å². The minimum atomic E-state index is -0.344. The van der Waals surface area contributed by atoms with Crippen molar-refractivity contribution in [2.24, 2.45) is 0 Å². The highest BCUT2D eigenvalue weighted by atomic mass is 16.5. The first-order valence-electron chi connectivity index (χ1n) is 14.3. The molecule has 1 aromatic carbocycles. The number of anilines is 1. The van der Waals surface area contributed by atoms with E-state index in [2.05, 4.69) is 31.8 Å². The van der Waals surface area contributed by atoms with Crippen LogP contribution in [0.5, 0.6) is 17.6 Å². The topological polar surface area (TPSA) is 160 Å². The van der Waals surface area contributed by atoms with Crippen LogP contribution in [-0.4, -0.2) is 82.4 Å². The van der Waals surface area contributed by atoms with Crippen LogP contribution in [0.25, 0.3) is 11.2 Å². The zero-order valence-corrected chi connectivity index (χ0v) is 24.9. The molecule has 0 radical (unpaired) electrons. The Bertz CT molecular complexity index is 1540. The van der Waals surface area contributed by atoms with Gasteiger partial charge in [0.15, 0.2) is 11.5 Å². The molecule has 0 unspecified atom stereocenters. The number of likely N-dealkylation sites (N-methyl/N-ethyl adjacent to an activating group) is 1. The molecule has 0 bridgehead atoms. The summed E-state index contributed by atoms with van der Waals surface area (Å²) in [6.45, 7) is 5.38. The first-order chi connectivity index (χ1) is 20.9. The third-order valence-corrected chi connectivity index (χ3v) is 6.65. The SMILES string of the molecule is CCCCOc1nc(N)c2[nH]c(=O)n(Cc3ccc(OCCCN(C)CCOc4cccc(CC(=O)OC)c4)nc3)c2n1. The maximum atomic E-state index is 12.6.